The lowest BCUT2D eigenvalue weighted by atomic mass is 9.75. The van der Waals surface area contributed by atoms with Crippen molar-refractivity contribution in [3.05, 3.63) is 23.0 Å². The van der Waals surface area contributed by atoms with Crippen LogP contribution in [0.5, 0.6) is 11.5 Å². The molecule has 0 spiro atoms. The zero-order valence-corrected chi connectivity index (χ0v) is 21.9. The Hall–Kier alpha value is -2.37. The minimum Gasteiger partial charge on any atom is -0.490 e. The Kier molecular flexibility index (Phi) is 8.16. The Labute approximate surface area is 221 Å². The molecule has 1 saturated carbocycles. The van der Waals surface area contributed by atoms with Crippen LogP contribution in [-0.4, -0.2) is 77.4 Å². The van der Waals surface area contributed by atoms with Gasteiger partial charge in [0.2, 0.25) is 12.0 Å². The summed E-state index contributed by atoms with van der Waals surface area (Å²) < 4.78 is 29.0. The van der Waals surface area contributed by atoms with Crippen LogP contribution in [0.3, 0.4) is 0 Å². The molecular weight excluding hydrogens is 496 g/mol. The summed E-state index contributed by atoms with van der Waals surface area (Å²) in [5.41, 5.74) is 3.44. The lowest BCUT2D eigenvalue weighted by Gasteiger charge is -2.40. The maximum atomic E-state index is 12.4. The first kappa shape index (κ1) is 27.2. The van der Waals surface area contributed by atoms with Gasteiger partial charge in [-0.2, -0.15) is 0 Å². The molecule has 210 valence electrons. The van der Waals surface area contributed by atoms with E-state index in [0.717, 1.165) is 47.8 Å². The van der Waals surface area contributed by atoms with Crippen LogP contribution in [0.1, 0.15) is 68.1 Å². The minimum atomic E-state index is -1.60. The van der Waals surface area contributed by atoms with Crippen LogP contribution in [0.2, 0.25) is 0 Å². The first-order valence-electron chi connectivity index (χ1n) is 13.6. The van der Waals surface area contributed by atoms with E-state index in [1.165, 1.54) is 20.0 Å². The molecule has 0 bridgehead atoms. The number of hydrogen-bond acceptors (Lipinski definition) is 10. The SMILES string of the molecule is CCOC(=O)CCc1c(O[C@@H]2O[C@H](CO)[C@@H](O)[C@H](O)[C@H]2O)c(OC)c2occ3c2c1CC[C@H]1CCCC[C@H]31. The van der Waals surface area contributed by atoms with Gasteiger partial charge in [-0.25, -0.2) is 0 Å². The van der Waals surface area contributed by atoms with Crippen molar-refractivity contribution in [1.82, 2.24) is 0 Å². The molecule has 1 saturated heterocycles. The average Bonchev–Trinajstić information content (AvgIpc) is 3.28. The maximum Gasteiger partial charge on any atom is 0.306 e. The standard InChI is InChI=1S/C28H38O10/c1-3-35-20(30)11-10-17-16-9-8-14-6-4-5-7-15(14)18-13-36-26(21(16)18)27(34-2)25(17)38-28-24(33)23(32)22(31)19(12-29)37-28/h13-15,19,22-24,28-29,31-33H,3-12H2,1-2H3/t14-,15+,19-,22-,23+,24-,28+/m1/s1. The second-order valence-electron chi connectivity index (χ2n) is 10.5. The van der Waals surface area contributed by atoms with Gasteiger partial charge in [0.05, 0.1) is 26.6 Å². The van der Waals surface area contributed by atoms with E-state index in [9.17, 15) is 25.2 Å². The van der Waals surface area contributed by atoms with Crippen LogP contribution >= 0.6 is 0 Å². The zero-order valence-electron chi connectivity index (χ0n) is 21.9. The largest absolute Gasteiger partial charge is 0.490 e. The van der Waals surface area contributed by atoms with E-state index in [4.69, 9.17) is 23.4 Å². The molecule has 1 aliphatic heterocycles. The van der Waals surface area contributed by atoms with Gasteiger partial charge in [-0.05, 0) is 56.4 Å². The predicted octanol–water partition coefficient (Wildman–Crippen LogP) is 2.34. The van der Waals surface area contributed by atoms with Gasteiger partial charge in [0.15, 0.2) is 11.3 Å². The number of aryl methyl sites for hydroxylation is 1. The van der Waals surface area contributed by atoms with E-state index in [2.05, 4.69) is 0 Å². The summed E-state index contributed by atoms with van der Waals surface area (Å²) in [6.07, 6.45) is 1.39. The number of fused-ring (bicyclic) bond motifs is 2. The highest BCUT2D eigenvalue weighted by Gasteiger charge is 2.46. The third kappa shape index (κ3) is 4.77. The molecule has 2 aromatic rings. The van der Waals surface area contributed by atoms with Crippen LogP contribution in [-0.2, 0) is 27.1 Å². The van der Waals surface area contributed by atoms with Crippen molar-refractivity contribution in [2.45, 2.75) is 94.9 Å². The Bertz CT molecular complexity index is 1140. The van der Waals surface area contributed by atoms with E-state index in [1.807, 2.05) is 6.26 Å². The van der Waals surface area contributed by atoms with Crippen LogP contribution < -0.4 is 9.47 Å². The highest BCUT2D eigenvalue weighted by atomic mass is 16.7. The van der Waals surface area contributed by atoms with Gasteiger partial charge in [0.25, 0.3) is 0 Å². The van der Waals surface area contributed by atoms with Crippen molar-refractivity contribution < 1.29 is 48.6 Å². The normalized spacial score (nSPS) is 30.9. The summed E-state index contributed by atoms with van der Waals surface area (Å²) in [6, 6.07) is 0. The van der Waals surface area contributed by atoms with Crippen molar-refractivity contribution in [3.63, 3.8) is 0 Å². The molecular formula is C28H38O10. The molecule has 7 atom stereocenters. The van der Waals surface area contributed by atoms with Crippen molar-refractivity contribution in [3.8, 4) is 11.5 Å². The molecule has 3 aliphatic rings. The van der Waals surface area contributed by atoms with E-state index in [1.54, 1.807) is 6.92 Å². The first-order chi connectivity index (χ1) is 18.4. The minimum absolute atomic E-state index is 0.112. The lowest BCUT2D eigenvalue weighted by Crippen LogP contribution is -2.60. The maximum absolute atomic E-state index is 12.4. The fourth-order valence-corrected chi connectivity index (χ4v) is 6.53. The zero-order chi connectivity index (χ0) is 27.0. The number of aliphatic hydroxyl groups is 4. The Morgan fingerprint density at radius 3 is 2.61 bits per heavy atom. The quantitative estimate of drug-likeness (QED) is 0.372. The molecule has 10 heteroatoms. The molecule has 38 heavy (non-hydrogen) atoms. The first-order valence-corrected chi connectivity index (χ1v) is 13.6. The topological polar surface area (TPSA) is 148 Å². The molecule has 10 nitrogen and oxygen atoms in total. The smallest absolute Gasteiger partial charge is 0.306 e. The van der Waals surface area contributed by atoms with E-state index >= 15 is 0 Å². The van der Waals surface area contributed by atoms with Crippen LogP contribution in [0.4, 0.5) is 0 Å². The molecule has 2 fully saturated rings. The fourth-order valence-electron chi connectivity index (χ4n) is 6.53. The number of benzene rings is 1. The van der Waals surface area contributed by atoms with Gasteiger partial charge in [-0.1, -0.05) is 12.8 Å². The third-order valence-corrected chi connectivity index (χ3v) is 8.42. The molecule has 2 heterocycles. The molecule has 1 aromatic heterocycles. The summed E-state index contributed by atoms with van der Waals surface area (Å²) in [5.74, 6) is 1.14. The number of ether oxygens (including phenoxy) is 4. The summed E-state index contributed by atoms with van der Waals surface area (Å²) >= 11 is 0. The Morgan fingerprint density at radius 2 is 1.87 bits per heavy atom. The summed E-state index contributed by atoms with van der Waals surface area (Å²) in [5, 5.41) is 41.9. The molecule has 0 unspecified atom stereocenters. The molecule has 5 rings (SSSR count). The Balaban J connectivity index is 1.62. The molecule has 0 amide bonds. The van der Waals surface area contributed by atoms with Gasteiger partial charge >= 0.3 is 5.97 Å². The van der Waals surface area contributed by atoms with Gasteiger partial charge in [0.1, 0.15) is 24.4 Å². The highest BCUT2D eigenvalue weighted by Crippen LogP contribution is 2.52. The van der Waals surface area contributed by atoms with Crippen LogP contribution in [0.15, 0.2) is 10.7 Å². The van der Waals surface area contributed by atoms with Crippen LogP contribution in [0, 0.1) is 5.92 Å². The summed E-state index contributed by atoms with van der Waals surface area (Å²) in [7, 11) is 1.50. The van der Waals surface area contributed by atoms with Gasteiger partial charge in [0, 0.05) is 22.9 Å². The van der Waals surface area contributed by atoms with Gasteiger partial charge < -0.3 is 43.8 Å². The van der Waals surface area contributed by atoms with Gasteiger partial charge in [-0.3, -0.25) is 4.79 Å². The lowest BCUT2D eigenvalue weighted by molar-refractivity contribution is -0.277. The molecule has 1 aromatic carbocycles. The number of furan rings is 1. The molecule has 2 aliphatic carbocycles. The van der Waals surface area contributed by atoms with E-state index in [0.29, 0.717) is 29.6 Å². The number of methoxy groups -OCH3 is 1. The molecule has 4 N–H and O–H groups in total. The second kappa shape index (κ2) is 11.4. The summed E-state index contributed by atoms with van der Waals surface area (Å²) in [4.78, 5) is 12.4. The average molecular weight is 535 g/mol. The second-order valence-corrected chi connectivity index (χ2v) is 10.5. The van der Waals surface area contributed by atoms with E-state index < -0.39 is 37.3 Å². The van der Waals surface area contributed by atoms with Crippen LogP contribution in [0.25, 0.3) is 11.0 Å². The molecule has 0 radical (unpaired) electrons. The van der Waals surface area contributed by atoms with Crippen molar-refractivity contribution in [2.24, 2.45) is 5.92 Å². The number of carbonyl (C=O) groups is 1. The monoisotopic (exact) mass is 534 g/mol. The van der Waals surface area contributed by atoms with Crippen molar-refractivity contribution in [2.75, 3.05) is 20.3 Å². The van der Waals surface area contributed by atoms with Gasteiger partial charge in [-0.15, -0.1) is 0 Å². The number of esters is 1. The predicted molar refractivity (Wildman–Crippen MR) is 135 cm³/mol. The number of rotatable bonds is 8. The number of hydrogen-bond donors (Lipinski definition) is 4. The van der Waals surface area contributed by atoms with Crippen molar-refractivity contribution >= 4 is 16.9 Å². The van der Waals surface area contributed by atoms with Crippen molar-refractivity contribution in [1.29, 1.82) is 0 Å². The third-order valence-electron chi connectivity index (χ3n) is 8.42. The number of aliphatic hydroxyl groups excluding tert-OH is 4. The fraction of sp³-hybridized carbons (Fsp3) is 0.679. The van der Waals surface area contributed by atoms with E-state index in [-0.39, 0.29) is 24.7 Å². The number of carbonyl (C=O) groups excluding carboxylic acids is 1. The highest BCUT2D eigenvalue weighted by molar-refractivity contribution is 5.94. The summed E-state index contributed by atoms with van der Waals surface area (Å²) in [6.45, 7) is 1.46. The Morgan fingerprint density at radius 1 is 1.08 bits per heavy atom.